The third kappa shape index (κ3) is 5.80. The summed E-state index contributed by atoms with van der Waals surface area (Å²) in [5.41, 5.74) is 5.09. The summed E-state index contributed by atoms with van der Waals surface area (Å²) in [7, 11) is 3.22. The number of ether oxygens (including phenoxy) is 3. The van der Waals surface area contributed by atoms with Crippen molar-refractivity contribution < 1.29 is 23.8 Å². The number of aryl methyl sites for hydroxylation is 2. The zero-order chi connectivity index (χ0) is 26.5. The molecule has 2 aliphatic rings. The Balaban J connectivity index is 1.67. The molecule has 198 valence electrons. The summed E-state index contributed by atoms with van der Waals surface area (Å²) in [6, 6.07) is 11.1. The highest BCUT2D eigenvalue weighted by molar-refractivity contribution is 6.03. The van der Waals surface area contributed by atoms with E-state index in [0.29, 0.717) is 37.5 Å². The molecule has 4 rings (SSSR count). The van der Waals surface area contributed by atoms with Crippen LogP contribution in [0.1, 0.15) is 60.9 Å². The van der Waals surface area contributed by atoms with Crippen LogP contribution in [0.4, 0.5) is 0 Å². The van der Waals surface area contributed by atoms with E-state index in [1.165, 1.54) is 11.1 Å². The van der Waals surface area contributed by atoms with Gasteiger partial charge in [0.25, 0.3) is 5.91 Å². The fraction of sp³-hybridized carbons (Fsp3) is 0.483. The molecule has 0 saturated carbocycles. The molecule has 2 heterocycles. The molecule has 0 bridgehead atoms. The van der Waals surface area contributed by atoms with Crippen molar-refractivity contribution in [1.29, 1.82) is 0 Å². The lowest BCUT2D eigenvalue weighted by atomic mass is 9.95. The van der Waals surface area contributed by atoms with Crippen LogP contribution in [0.25, 0.3) is 0 Å². The minimum atomic E-state index is -0.405. The highest BCUT2D eigenvalue weighted by Gasteiger charge is 2.38. The molecule has 1 saturated heterocycles. The monoisotopic (exact) mass is 507 g/mol. The fourth-order valence-corrected chi connectivity index (χ4v) is 5.10. The van der Waals surface area contributed by atoms with E-state index in [-0.39, 0.29) is 24.5 Å². The summed E-state index contributed by atoms with van der Waals surface area (Å²) in [6.45, 7) is 7.06. The van der Waals surface area contributed by atoms with Gasteiger partial charge in [-0.3, -0.25) is 14.5 Å². The smallest absolute Gasteiger partial charge is 0.323 e. The highest BCUT2D eigenvalue weighted by Crippen LogP contribution is 2.39. The van der Waals surface area contributed by atoms with Crippen molar-refractivity contribution in [1.82, 2.24) is 9.91 Å². The number of carbonyl (C=O) groups excluding carboxylic acids is 2. The van der Waals surface area contributed by atoms with Gasteiger partial charge in [0.1, 0.15) is 17.5 Å². The van der Waals surface area contributed by atoms with Crippen LogP contribution < -0.4 is 9.47 Å². The number of hydrogen-bond acceptors (Lipinski definition) is 7. The molecular weight excluding hydrogens is 470 g/mol. The van der Waals surface area contributed by atoms with Crippen LogP contribution in [-0.4, -0.2) is 67.5 Å². The van der Waals surface area contributed by atoms with Gasteiger partial charge in [-0.1, -0.05) is 18.6 Å². The van der Waals surface area contributed by atoms with Crippen LogP contribution in [-0.2, 0) is 14.3 Å². The molecule has 1 fully saturated rings. The minimum absolute atomic E-state index is 0.0994. The van der Waals surface area contributed by atoms with Crippen LogP contribution in [0.5, 0.6) is 11.5 Å². The van der Waals surface area contributed by atoms with Crippen LogP contribution in [0.15, 0.2) is 41.5 Å². The molecule has 2 atom stereocenters. The maximum absolute atomic E-state index is 13.8. The van der Waals surface area contributed by atoms with E-state index in [4.69, 9.17) is 19.3 Å². The van der Waals surface area contributed by atoms with Crippen molar-refractivity contribution in [2.24, 2.45) is 5.10 Å². The Hall–Kier alpha value is -3.39. The molecule has 2 aromatic carbocycles. The minimum Gasteiger partial charge on any atom is -0.497 e. The van der Waals surface area contributed by atoms with Crippen molar-refractivity contribution in [3.8, 4) is 11.5 Å². The van der Waals surface area contributed by atoms with Crippen molar-refractivity contribution in [2.75, 3.05) is 33.9 Å². The molecule has 0 N–H and O–H groups in total. The maximum atomic E-state index is 13.8. The second kappa shape index (κ2) is 11.8. The normalized spacial score (nSPS) is 19.9. The van der Waals surface area contributed by atoms with Gasteiger partial charge in [-0.2, -0.15) is 5.10 Å². The highest BCUT2D eigenvalue weighted by atomic mass is 16.5. The van der Waals surface area contributed by atoms with Crippen LogP contribution >= 0.6 is 0 Å². The lowest BCUT2D eigenvalue weighted by Gasteiger charge is -2.34. The molecule has 37 heavy (non-hydrogen) atoms. The zero-order valence-electron chi connectivity index (χ0n) is 22.5. The Morgan fingerprint density at radius 3 is 2.54 bits per heavy atom. The number of piperidine rings is 1. The molecule has 2 aliphatic heterocycles. The van der Waals surface area contributed by atoms with E-state index >= 15 is 0 Å². The largest absolute Gasteiger partial charge is 0.497 e. The first-order chi connectivity index (χ1) is 17.9. The van der Waals surface area contributed by atoms with Crippen molar-refractivity contribution in [3.05, 3.63) is 58.7 Å². The second-order valence-electron chi connectivity index (χ2n) is 9.65. The van der Waals surface area contributed by atoms with Crippen LogP contribution in [0.3, 0.4) is 0 Å². The predicted molar refractivity (Wildman–Crippen MR) is 142 cm³/mol. The summed E-state index contributed by atoms with van der Waals surface area (Å²) < 4.78 is 16.4. The van der Waals surface area contributed by atoms with E-state index in [2.05, 4.69) is 32.0 Å². The van der Waals surface area contributed by atoms with Crippen LogP contribution in [0.2, 0.25) is 0 Å². The van der Waals surface area contributed by atoms with E-state index in [1.54, 1.807) is 26.2 Å². The molecule has 8 nitrogen and oxygen atoms in total. The molecule has 2 aromatic rings. The molecule has 8 heteroatoms. The van der Waals surface area contributed by atoms with E-state index < -0.39 is 6.04 Å². The molecule has 0 aromatic heterocycles. The summed E-state index contributed by atoms with van der Waals surface area (Å²) in [5.74, 6) is 0.903. The predicted octanol–water partition coefficient (Wildman–Crippen LogP) is 4.42. The molecule has 1 amide bonds. The molecule has 2 unspecified atom stereocenters. The third-order valence-electron chi connectivity index (χ3n) is 7.32. The Bertz CT molecular complexity index is 1180. The Morgan fingerprint density at radius 1 is 1.03 bits per heavy atom. The third-order valence-corrected chi connectivity index (χ3v) is 7.32. The Kier molecular flexibility index (Phi) is 8.48. The number of likely N-dealkylation sites (tertiary alicyclic amines) is 1. The van der Waals surface area contributed by atoms with Crippen LogP contribution in [0, 0.1) is 13.8 Å². The average Bonchev–Trinajstić information content (AvgIpc) is 3.35. The SMILES string of the molecule is CCOC(=O)C1CCCCN1CC(=O)N1N=C(c2ccc(C)c(C)c2)CC1c1ccc(OC)cc1OC. The summed E-state index contributed by atoms with van der Waals surface area (Å²) in [4.78, 5) is 28.3. The second-order valence-corrected chi connectivity index (χ2v) is 9.65. The fourth-order valence-electron chi connectivity index (χ4n) is 5.10. The van der Waals surface area contributed by atoms with Gasteiger partial charge in [-0.15, -0.1) is 0 Å². The van der Waals surface area contributed by atoms with Crippen molar-refractivity contribution in [2.45, 2.75) is 58.5 Å². The van der Waals surface area contributed by atoms with Gasteiger partial charge in [0.15, 0.2) is 0 Å². The van der Waals surface area contributed by atoms with Gasteiger partial charge >= 0.3 is 5.97 Å². The first kappa shape index (κ1) is 26.7. The topological polar surface area (TPSA) is 80.7 Å². The van der Waals surface area contributed by atoms with Gasteiger partial charge in [-0.25, -0.2) is 5.01 Å². The molecule has 0 spiro atoms. The lowest BCUT2D eigenvalue weighted by molar-refractivity contribution is -0.152. The first-order valence-electron chi connectivity index (χ1n) is 13.0. The quantitative estimate of drug-likeness (QED) is 0.492. The summed E-state index contributed by atoms with van der Waals surface area (Å²) in [6.07, 6.45) is 3.13. The van der Waals surface area contributed by atoms with Gasteiger partial charge in [0.05, 0.1) is 39.1 Å². The number of methoxy groups -OCH3 is 2. The first-order valence-corrected chi connectivity index (χ1v) is 13.0. The lowest BCUT2D eigenvalue weighted by Crippen LogP contribution is -2.49. The maximum Gasteiger partial charge on any atom is 0.323 e. The van der Waals surface area contributed by atoms with E-state index in [0.717, 1.165) is 29.7 Å². The average molecular weight is 508 g/mol. The number of carbonyl (C=O) groups is 2. The molecule has 0 aliphatic carbocycles. The zero-order valence-corrected chi connectivity index (χ0v) is 22.5. The van der Waals surface area contributed by atoms with Crippen molar-refractivity contribution in [3.63, 3.8) is 0 Å². The Labute approximate surface area is 219 Å². The molecule has 0 radical (unpaired) electrons. The molecular formula is C29H37N3O5. The standard InChI is InChI=1S/C29H37N3O5/c1-6-37-29(34)25-9-7-8-14-31(25)18-28(33)32-26(23-13-12-22(35-4)16-27(23)36-5)17-24(30-32)21-11-10-19(2)20(3)15-21/h10-13,15-16,25-26H,6-9,14,17-18H2,1-5H3. The number of amides is 1. The van der Waals surface area contributed by atoms with E-state index in [1.807, 2.05) is 23.1 Å². The van der Waals surface area contributed by atoms with Gasteiger partial charge in [-0.05, 0) is 75.0 Å². The number of nitrogens with zero attached hydrogens (tertiary/aromatic N) is 3. The number of hydrazone groups is 1. The van der Waals surface area contributed by atoms with Gasteiger partial charge in [0.2, 0.25) is 0 Å². The summed E-state index contributed by atoms with van der Waals surface area (Å²) >= 11 is 0. The Morgan fingerprint density at radius 2 is 1.84 bits per heavy atom. The number of hydrogen-bond donors (Lipinski definition) is 0. The number of esters is 1. The number of benzene rings is 2. The van der Waals surface area contributed by atoms with Gasteiger partial charge < -0.3 is 14.2 Å². The van der Waals surface area contributed by atoms with Gasteiger partial charge in [0, 0.05) is 18.1 Å². The number of rotatable bonds is 8. The summed E-state index contributed by atoms with van der Waals surface area (Å²) in [5, 5.41) is 6.42. The van der Waals surface area contributed by atoms with Crippen molar-refractivity contribution >= 4 is 17.6 Å². The van der Waals surface area contributed by atoms with E-state index in [9.17, 15) is 9.59 Å².